The molecule has 6 nitrogen and oxygen atoms in total. The van der Waals surface area contributed by atoms with Crippen LogP contribution in [0.3, 0.4) is 0 Å². The molecule has 0 spiro atoms. The predicted octanol–water partition coefficient (Wildman–Crippen LogP) is 3.37. The van der Waals surface area contributed by atoms with Crippen molar-refractivity contribution in [2.75, 3.05) is 19.4 Å². The first-order chi connectivity index (χ1) is 12.6. The number of aromatic nitrogens is 3. The lowest BCUT2D eigenvalue weighted by atomic mass is 10.0. The van der Waals surface area contributed by atoms with Crippen LogP contribution in [0.2, 0.25) is 0 Å². The molecule has 7 heteroatoms. The van der Waals surface area contributed by atoms with Crippen LogP contribution in [-0.4, -0.2) is 51.0 Å². The van der Waals surface area contributed by atoms with E-state index in [1.54, 1.807) is 7.11 Å². The van der Waals surface area contributed by atoms with Gasteiger partial charge in [-0.15, -0.1) is 10.2 Å². The minimum Gasteiger partial charge on any atom is -0.497 e. The molecular weight excluding hydrogens is 348 g/mol. The smallest absolute Gasteiger partial charge is 0.233 e. The minimum absolute atomic E-state index is 0.201. The van der Waals surface area contributed by atoms with Crippen molar-refractivity contribution in [1.82, 2.24) is 19.7 Å². The molecule has 1 amide bonds. The van der Waals surface area contributed by atoms with Gasteiger partial charge in [0, 0.05) is 25.2 Å². The third-order valence-electron chi connectivity index (χ3n) is 4.91. The number of thioether (sulfide) groups is 1. The Morgan fingerprint density at radius 1 is 1.35 bits per heavy atom. The fourth-order valence-electron chi connectivity index (χ4n) is 3.42. The van der Waals surface area contributed by atoms with Crippen molar-refractivity contribution in [1.29, 1.82) is 0 Å². The van der Waals surface area contributed by atoms with E-state index in [0.717, 1.165) is 48.1 Å². The number of ether oxygens (including phenoxy) is 1. The number of hydrogen-bond donors (Lipinski definition) is 0. The van der Waals surface area contributed by atoms with E-state index in [2.05, 4.69) is 22.0 Å². The molecule has 1 aliphatic rings. The summed E-state index contributed by atoms with van der Waals surface area (Å²) in [5, 5.41) is 9.31. The molecule has 0 radical (unpaired) electrons. The van der Waals surface area contributed by atoms with Crippen molar-refractivity contribution in [2.45, 2.75) is 43.8 Å². The SMILES string of the molecule is CCC1CCCCN1C(=O)CSc1nnc(-c2cccc(OC)c2)n1C. The van der Waals surface area contributed by atoms with Gasteiger partial charge < -0.3 is 14.2 Å². The van der Waals surface area contributed by atoms with E-state index in [9.17, 15) is 4.79 Å². The number of rotatable bonds is 6. The topological polar surface area (TPSA) is 60.3 Å². The number of carbonyl (C=O) groups excluding carboxylic acids is 1. The Morgan fingerprint density at radius 3 is 2.96 bits per heavy atom. The van der Waals surface area contributed by atoms with Gasteiger partial charge in [0.05, 0.1) is 12.9 Å². The van der Waals surface area contributed by atoms with Gasteiger partial charge in [0.2, 0.25) is 5.91 Å². The Morgan fingerprint density at radius 2 is 2.19 bits per heavy atom. The Balaban J connectivity index is 1.67. The van der Waals surface area contributed by atoms with Crippen molar-refractivity contribution in [3.8, 4) is 17.1 Å². The molecule has 1 aromatic heterocycles. The van der Waals surface area contributed by atoms with Crippen LogP contribution in [0.25, 0.3) is 11.4 Å². The first-order valence-corrected chi connectivity index (χ1v) is 10.1. The Bertz CT molecular complexity index is 762. The lowest BCUT2D eigenvalue weighted by Gasteiger charge is -2.35. The van der Waals surface area contributed by atoms with Crippen LogP contribution in [0.4, 0.5) is 0 Å². The number of amides is 1. The van der Waals surface area contributed by atoms with Crippen molar-refractivity contribution >= 4 is 17.7 Å². The van der Waals surface area contributed by atoms with Crippen LogP contribution in [0.15, 0.2) is 29.4 Å². The molecule has 1 fully saturated rings. The van der Waals surface area contributed by atoms with Gasteiger partial charge in [-0.3, -0.25) is 4.79 Å². The fraction of sp³-hybridized carbons (Fsp3) is 0.526. The molecule has 2 aromatic rings. The minimum atomic E-state index is 0.201. The summed E-state index contributed by atoms with van der Waals surface area (Å²) in [6.07, 6.45) is 4.48. The molecule has 1 aliphatic heterocycles. The molecule has 1 unspecified atom stereocenters. The maximum absolute atomic E-state index is 12.6. The van der Waals surface area contributed by atoms with E-state index in [0.29, 0.717) is 11.8 Å². The summed E-state index contributed by atoms with van der Waals surface area (Å²) in [6, 6.07) is 8.13. The van der Waals surface area contributed by atoms with E-state index in [1.807, 2.05) is 35.9 Å². The molecule has 1 saturated heterocycles. The summed E-state index contributed by atoms with van der Waals surface area (Å²) >= 11 is 1.45. The fourth-order valence-corrected chi connectivity index (χ4v) is 4.21. The van der Waals surface area contributed by atoms with Crippen LogP contribution < -0.4 is 4.74 Å². The molecule has 0 saturated carbocycles. The van der Waals surface area contributed by atoms with Gasteiger partial charge in [-0.2, -0.15) is 0 Å². The van der Waals surface area contributed by atoms with Crippen molar-refractivity contribution in [3.63, 3.8) is 0 Å². The summed E-state index contributed by atoms with van der Waals surface area (Å²) < 4.78 is 7.21. The maximum atomic E-state index is 12.6. The Labute approximate surface area is 158 Å². The highest BCUT2D eigenvalue weighted by Crippen LogP contribution is 2.26. The van der Waals surface area contributed by atoms with Crippen LogP contribution >= 0.6 is 11.8 Å². The second-order valence-corrected chi connectivity index (χ2v) is 7.47. The lowest BCUT2D eigenvalue weighted by Crippen LogP contribution is -2.44. The summed E-state index contributed by atoms with van der Waals surface area (Å²) in [6.45, 7) is 3.04. The first kappa shape index (κ1) is 18.8. The predicted molar refractivity (Wildman–Crippen MR) is 103 cm³/mol. The van der Waals surface area contributed by atoms with Crippen LogP contribution in [0, 0.1) is 0 Å². The largest absolute Gasteiger partial charge is 0.497 e. The number of nitrogens with zero attached hydrogens (tertiary/aromatic N) is 4. The maximum Gasteiger partial charge on any atom is 0.233 e. The third-order valence-corrected chi connectivity index (χ3v) is 5.91. The average Bonchev–Trinajstić information content (AvgIpc) is 3.06. The van der Waals surface area contributed by atoms with E-state index in [4.69, 9.17) is 4.74 Å². The Hall–Kier alpha value is -2.02. The average molecular weight is 375 g/mol. The molecule has 1 atom stereocenters. The van der Waals surface area contributed by atoms with Crippen molar-refractivity contribution in [3.05, 3.63) is 24.3 Å². The van der Waals surface area contributed by atoms with Gasteiger partial charge in [-0.25, -0.2) is 0 Å². The second kappa shape index (κ2) is 8.58. The number of hydrogen-bond acceptors (Lipinski definition) is 5. The number of benzene rings is 1. The molecule has 1 aromatic carbocycles. The van der Waals surface area contributed by atoms with E-state index >= 15 is 0 Å². The molecule has 0 N–H and O–H groups in total. The van der Waals surface area contributed by atoms with E-state index in [-0.39, 0.29) is 5.91 Å². The summed E-state index contributed by atoms with van der Waals surface area (Å²) in [4.78, 5) is 14.7. The highest BCUT2D eigenvalue weighted by atomic mass is 32.2. The number of likely N-dealkylation sites (tertiary alicyclic amines) is 1. The lowest BCUT2D eigenvalue weighted by molar-refractivity contribution is -0.132. The monoisotopic (exact) mass is 374 g/mol. The van der Waals surface area contributed by atoms with Gasteiger partial charge >= 0.3 is 0 Å². The summed E-state index contributed by atoms with van der Waals surface area (Å²) in [7, 11) is 3.57. The zero-order valence-electron chi connectivity index (χ0n) is 15.6. The molecule has 0 aliphatic carbocycles. The van der Waals surface area contributed by atoms with Crippen LogP contribution in [0.1, 0.15) is 32.6 Å². The molecule has 26 heavy (non-hydrogen) atoms. The Kier molecular flexibility index (Phi) is 6.19. The zero-order valence-corrected chi connectivity index (χ0v) is 16.5. The number of carbonyl (C=O) groups is 1. The van der Waals surface area contributed by atoms with Crippen LogP contribution in [0.5, 0.6) is 5.75 Å². The summed E-state index contributed by atoms with van der Waals surface area (Å²) in [5.41, 5.74) is 0.944. The normalized spacial score (nSPS) is 17.3. The zero-order chi connectivity index (χ0) is 18.5. The second-order valence-electron chi connectivity index (χ2n) is 6.53. The van der Waals surface area contributed by atoms with Gasteiger partial charge in [0.1, 0.15) is 5.75 Å². The first-order valence-electron chi connectivity index (χ1n) is 9.10. The molecule has 0 bridgehead atoms. The van der Waals surface area contributed by atoms with E-state index in [1.165, 1.54) is 18.2 Å². The van der Waals surface area contributed by atoms with Crippen molar-refractivity contribution in [2.24, 2.45) is 7.05 Å². The number of piperidine rings is 1. The molecule has 3 rings (SSSR count). The highest BCUT2D eigenvalue weighted by molar-refractivity contribution is 7.99. The van der Waals surface area contributed by atoms with Gasteiger partial charge in [0.15, 0.2) is 11.0 Å². The summed E-state index contributed by atoms with van der Waals surface area (Å²) in [5.74, 6) is 2.15. The van der Waals surface area contributed by atoms with Gasteiger partial charge in [0.25, 0.3) is 0 Å². The quantitative estimate of drug-likeness (QED) is 0.726. The highest BCUT2D eigenvalue weighted by Gasteiger charge is 2.25. The molecular formula is C19H26N4O2S. The van der Waals surface area contributed by atoms with Gasteiger partial charge in [-0.05, 0) is 37.8 Å². The van der Waals surface area contributed by atoms with Crippen LogP contribution in [-0.2, 0) is 11.8 Å². The number of methoxy groups -OCH3 is 1. The third kappa shape index (κ3) is 4.03. The van der Waals surface area contributed by atoms with Gasteiger partial charge in [-0.1, -0.05) is 30.8 Å². The molecule has 2 heterocycles. The standard InChI is InChI=1S/C19H26N4O2S/c1-4-15-9-5-6-11-23(15)17(24)13-26-19-21-20-18(22(19)2)14-8-7-10-16(12-14)25-3/h7-8,10,12,15H,4-6,9,11,13H2,1-3H3. The van der Waals surface area contributed by atoms with Crippen molar-refractivity contribution < 1.29 is 9.53 Å². The van der Waals surface area contributed by atoms with E-state index < -0.39 is 0 Å². The molecule has 140 valence electrons.